The van der Waals surface area contributed by atoms with E-state index >= 15 is 0 Å². The Kier molecular flexibility index (Phi) is 5.35. The molecule has 0 aliphatic heterocycles. The summed E-state index contributed by atoms with van der Waals surface area (Å²) in [5.41, 5.74) is 0.478. The molecule has 110 valence electrons. The molecule has 4 heteroatoms. The summed E-state index contributed by atoms with van der Waals surface area (Å²) in [7, 11) is 0. The van der Waals surface area contributed by atoms with E-state index in [9.17, 15) is 4.79 Å². The van der Waals surface area contributed by atoms with Crippen molar-refractivity contribution in [2.75, 3.05) is 6.61 Å². The van der Waals surface area contributed by atoms with Crippen molar-refractivity contribution in [2.24, 2.45) is 0 Å². The van der Waals surface area contributed by atoms with Gasteiger partial charge in [0.2, 0.25) is 0 Å². The lowest BCUT2D eigenvalue weighted by Gasteiger charge is -2.15. The standard InChI is InChI=1S/C17H19NO3/c1-13(11-12-19)18-17(20)15-9-5-6-10-16(15)21-14-7-3-2-4-8-14/h2-10,13,19H,11-12H2,1H3,(H,18,20). The number of aliphatic hydroxyl groups excluding tert-OH is 1. The van der Waals surface area contributed by atoms with E-state index in [-0.39, 0.29) is 18.6 Å². The van der Waals surface area contributed by atoms with E-state index in [4.69, 9.17) is 9.84 Å². The van der Waals surface area contributed by atoms with Crippen molar-refractivity contribution in [3.8, 4) is 11.5 Å². The van der Waals surface area contributed by atoms with E-state index in [1.54, 1.807) is 18.2 Å². The number of carbonyl (C=O) groups is 1. The summed E-state index contributed by atoms with van der Waals surface area (Å²) < 4.78 is 5.76. The van der Waals surface area contributed by atoms with Gasteiger partial charge < -0.3 is 15.2 Å². The van der Waals surface area contributed by atoms with Crippen LogP contribution in [0.25, 0.3) is 0 Å². The maximum Gasteiger partial charge on any atom is 0.255 e. The van der Waals surface area contributed by atoms with E-state index in [2.05, 4.69) is 5.32 Å². The Morgan fingerprint density at radius 1 is 1.14 bits per heavy atom. The molecule has 0 bridgehead atoms. The molecule has 2 N–H and O–H groups in total. The van der Waals surface area contributed by atoms with E-state index in [0.29, 0.717) is 23.5 Å². The van der Waals surface area contributed by atoms with Gasteiger partial charge in [-0.1, -0.05) is 30.3 Å². The largest absolute Gasteiger partial charge is 0.457 e. The molecule has 0 radical (unpaired) electrons. The first-order chi connectivity index (χ1) is 10.2. The molecule has 0 spiro atoms. The lowest BCUT2D eigenvalue weighted by Crippen LogP contribution is -2.33. The number of nitrogens with one attached hydrogen (secondary N) is 1. The number of aliphatic hydroxyl groups is 1. The van der Waals surface area contributed by atoms with Crippen molar-refractivity contribution in [1.82, 2.24) is 5.32 Å². The van der Waals surface area contributed by atoms with E-state index in [1.165, 1.54) is 0 Å². The number of benzene rings is 2. The molecule has 21 heavy (non-hydrogen) atoms. The molecule has 0 saturated carbocycles. The fourth-order valence-electron chi connectivity index (χ4n) is 1.93. The first-order valence-corrected chi connectivity index (χ1v) is 6.94. The van der Waals surface area contributed by atoms with Gasteiger partial charge in [0.25, 0.3) is 5.91 Å². The van der Waals surface area contributed by atoms with Crippen LogP contribution in [0.2, 0.25) is 0 Å². The summed E-state index contributed by atoms with van der Waals surface area (Å²) in [4.78, 5) is 12.3. The Labute approximate surface area is 124 Å². The molecular weight excluding hydrogens is 266 g/mol. The van der Waals surface area contributed by atoms with Gasteiger partial charge in [0.1, 0.15) is 11.5 Å². The number of ether oxygens (including phenoxy) is 1. The van der Waals surface area contributed by atoms with Crippen molar-refractivity contribution in [1.29, 1.82) is 0 Å². The van der Waals surface area contributed by atoms with E-state index in [1.807, 2.05) is 43.3 Å². The van der Waals surface area contributed by atoms with Crippen LogP contribution in [-0.2, 0) is 0 Å². The van der Waals surface area contributed by atoms with Crippen LogP contribution in [0.5, 0.6) is 11.5 Å². The number of amides is 1. The second-order valence-corrected chi connectivity index (χ2v) is 4.80. The van der Waals surface area contributed by atoms with Crippen molar-refractivity contribution in [3.05, 3.63) is 60.2 Å². The average Bonchev–Trinajstić information content (AvgIpc) is 2.49. The Bertz CT molecular complexity index is 584. The summed E-state index contributed by atoms with van der Waals surface area (Å²) in [5, 5.41) is 11.7. The lowest BCUT2D eigenvalue weighted by molar-refractivity contribution is 0.0932. The molecule has 0 aliphatic carbocycles. The maximum absolute atomic E-state index is 12.3. The Balaban J connectivity index is 2.15. The van der Waals surface area contributed by atoms with Gasteiger partial charge in [-0.25, -0.2) is 0 Å². The zero-order valence-electron chi connectivity index (χ0n) is 12.0. The number of rotatable bonds is 6. The third-order valence-electron chi connectivity index (χ3n) is 3.04. The van der Waals surface area contributed by atoms with Gasteiger partial charge in [-0.3, -0.25) is 4.79 Å². The smallest absolute Gasteiger partial charge is 0.255 e. The average molecular weight is 285 g/mol. The van der Waals surface area contributed by atoms with Gasteiger partial charge in [-0.15, -0.1) is 0 Å². The highest BCUT2D eigenvalue weighted by Gasteiger charge is 2.14. The summed E-state index contributed by atoms with van der Waals surface area (Å²) in [6.45, 7) is 1.90. The molecule has 1 atom stereocenters. The Morgan fingerprint density at radius 2 is 1.81 bits per heavy atom. The van der Waals surface area contributed by atoms with E-state index in [0.717, 1.165) is 0 Å². The van der Waals surface area contributed by atoms with Gasteiger partial charge in [0, 0.05) is 12.6 Å². The molecule has 1 unspecified atom stereocenters. The van der Waals surface area contributed by atoms with Gasteiger partial charge in [-0.2, -0.15) is 0 Å². The summed E-state index contributed by atoms with van der Waals surface area (Å²) in [6.07, 6.45) is 0.521. The Hall–Kier alpha value is -2.33. The maximum atomic E-state index is 12.3. The predicted octanol–water partition coefficient (Wildman–Crippen LogP) is 2.98. The van der Waals surface area contributed by atoms with Crippen LogP contribution in [0.15, 0.2) is 54.6 Å². The minimum atomic E-state index is -0.206. The van der Waals surface area contributed by atoms with Gasteiger partial charge in [0.05, 0.1) is 5.56 Å². The molecular formula is C17H19NO3. The highest BCUT2D eigenvalue weighted by atomic mass is 16.5. The summed E-state index contributed by atoms with van der Waals surface area (Å²) in [6, 6.07) is 16.3. The SMILES string of the molecule is CC(CCO)NC(=O)c1ccccc1Oc1ccccc1. The van der Waals surface area contributed by atoms with Crippen LogP contribution >= 0.6 is 0 Å². The normalized spacial score (nSPS) is 11.7. The first kappa shape index (κ1) is 15.1. The Morgan fingerprint density at radius 3 is 2.52 bits per heavy atom. The quantitative estimate of drug-likeness (QED) is 0.858. The number of hydrogen-bond acceptors (Lipinski definition) is 3. The monoisotopic (exact) mass is 285 g/mol. The van der Waals surface area contributed by atoms with Crippen LogP contribution < -0.4 is 10.1 Å². The van der Waals surface area contributed by atoms with Crippen LogP contribution in [0.4, 0.5) is 0 Å². The molecule has 0 fully saturated rings. The number of hydrogen-bond donors (Lipinski definition) is 2. The van der Waals surface area contributed by atoms with Crippen LogP contribution in [0, 0.1) is 0 Å². The van der Waals surface area contributed by atoms with Crippen molar-refractivity contribution in [2.45, 2.75) is 19.4 Å². The topological polar surface area (TPSA) is 58.6 Å². The fourth-order valence-corrected chi connectivity index (χ4v) is 1.93. The third kappa shape index (κ3) is 4.33. The third-order valence-corrected chi connectivity index (χ3v) is 3.04. The van der Waals surface area contributed by atoms with Crippen LogP contribution in [0.1, 0.15) is 23.7 Å². The van der Waals surface area contributed by atoms with Crippen LogP contribution in [0.3, 0.4) is 0 Å². The van der Waals surface area contributed by atoms with Crippen molar-refractivity contribution < 1.29 is 14.6 Å². The molecule has 2 aromatic rings. The molecule has 4 nitrogen and oxygen atoms in total. The summed E-state index contributed by atoms with van der Waals surface area (Å²) >= 11 is 0. The molecule has 1 amide bonds. The number of para-hydroxylation sites is 2. The zero-order chi connectivity index (χ0) is 15.1. The highest BCUT2D eigenvalue weighted by Crippen LogP contribution is 2.25. The number of carbonyl (C=O) groups excluding carboxylic acids is 1. The summed E-state index contributed by atoms with van der Waals surface area (Å²) in [5.74, 6) is 0.987. The van der Waals surface area contributed by atoms with Gasteiger partial charge >= 0.3 is 0 Å². The van der Waals surface area contributed by atoms with Gasteiger partial charge in [0.15, 0.2) is 0 Å². The minimum Gasteiger partial charge on any atom is -0.457 e. The van der Waals surface area contributed by atoms with Crippen molar-refractivity contribution in [3.63, 3.8) is 0 Å². The molecule has 0 aromatic heterocycles. The predicted molar refractivity (Wildman–Crippen MR) is 81.6 cm³/mol. The molecule has 2 rings (SSSR count). The highest BCUT2D eigenvalue weighted by molar-refractivity contribution is 5.97. The minimum absolute atomic E-state index is 0.0452. The molecule has 0 saturated heterocycles. The van der Waals surface area contributed by atoms with Crippen LogP contribution in [-0.4, -0.2) is 23.7 Å². The zero-order valence-corrected chi connectivity index (χ0v) is 12.0. The van der Waals surface area contributed by atoms with Crippen molar-refractivity contribution >= 4 is 5.91 Å². The fraction of sp³-hybridized carbons (Fsp3) is 0.235. The molecule has 0 aliphatic rings. The van der Waals surface area contributed by atoms with Gasteiger partial charge in [-0.05, 0) is 37.6 Å². The van der Waals surface area contributed by atoms with E-state index < -0.39 is 0 Å². The lowest BCUT2D eigenvalue weighted by atomic mass is 10.1. The molecule has 0 heterocycles. The first-order valence-electron chi connectivity index (χ1n) is 6.94. The molecule has 2 aromatic carbocycles. The second-order valence-electron chi connectivity index (χ2n) is 4.80. The second kappa shape index (κ2) is 7.45.